The van der Waals surface area contributed by atoms with Crippen molar-refractivity contribution in [2.24, 2.45) is 5.10 Å². The predicted octanol–water partition coefficient (Wildman–Crippen LogP) is 3.82. The van der Waals surface area contributed by atoms with Crippen molar-refractivity contribution in [1.82, 2.24) is 4.98 Å². The van der Waals surface area contributed by atoms with Crippen molar-refractivity contribution in [3.8, 4) is 34.8 Å². The first-order valence-electron chi connectivity index (χ1n) is 8.35. The van der Waals surface area contributed by atoms with Gasteiger partial charge in [-0.2, -0.15) is 15.3 Å². The summed E-state index contributed by atoms with van der Waals surface area (Å²) in [5.74, 6) is 1.27. The van der Waals surface area contributed by atoms with Gasteiger partial charge in [0.1, 0.15) is 11.9 Å². The molecule has 0 bridgehead atoms. The number of nitriles is 1. The third kappa shape index (κ3) is 4.27. The Hall–Kier alpha value is -4.06. The Morgan fingerprint density at radius 3 is 2.31 bits per heavy atom. The fraction of sp³-hybridized carbons (Fsp3) is 0.150. The molecular weight excluding hydrogens is 379 g/mol. The van der Waals surface area contributed by atoms with Gasteiger partial charge in [0.15, 0.2) is 11.5 Å². The molecule has 3 rings (SSSR count). The quantitative estimate of drug-likeness (QED) is 0.478. The lowest BCUT2D eigenvalue weighted by molar-refractivity contribution is 0.324. The van der Waals surface area contributed by atoms with Gasteiger partial charge in [0, 0.05) is 11.1 Å². The van der Waals surface area contributed by atoms with Crippen LogP contribution >= 0.6 is 0 Å². The van der Waals surface area contributed by atoms with Gasteiger partial charge in [-0.1, -0.05) is 0 Å². The summed E-state index contributed by atoms with van der Waals surface area (Å²) >= 11 is 0. The van der Waals surface area contributed by atoms with Crippen LogP contribution in [0.2, 0.25) is 0 Å². The molecule has 0 aliphatic heterocycles. The van der Waals surface area contributed by atoms with Crippen molar-refractivity contribution in [2.75, 3.05) is 26.8 Å². The summed E-state index contributed by atoms with van der Waals surface area (Å²) < 4.78 is 34.5. The van der Waals surface area contributed by atoms with Gasteiger partial charge in [0.25, 0.3) is 5.88 Å². The van der Waals surface area contributed by atoms with Crippen LogP contribution in [0, 0.1) is 17.1 Å². The Labute approximate surface area is 166 Å². The molecule has 2 aromatic carbocycles. The van der Waals surface area contributed by atoms with Crippen molar-refractivity contribution in [2.45, 2.75) is 0 Å². The largest absolute Gasteiger partial charge is 0.493 e. The average Bonchev–Trinajstić information content (AvgIpc) is 3.16. The normalized spacial score (nSPS) is 10.6. The van der Waals surface area contributed by atoms with Crippen molar-refractivity contribution in [1.29, 1.82) is 5.26 Å². The van der Waals surface area contributed by atoms with E-state index in [9.17, 15) is 9.65 Å². The van der Waals surface area contributed by atoms with E-state index >= 15 is 0 Å². The van der Waals surface area contributed by atoms with Gasteiger partial charge in [-0.25, -0.2) is 9.82 Å². The molecule has 1 N–H and O–H groups in total. The summed E-state index contributed by atoms with van der Waals surface area (Å²) in [7, 11) is 4.55. The maximum absolute atomic E-state index is 13.1. The van der Waals surface area contributed by atoms with Gasteiger partial charge >= 0.3 is 0 Å². The second kappa shape index (κ2) is 8.75. The molecule has 1 aromatic heterocycles. The monoisotopic (exact) mass is 396 g/mol. The molecule has 0 fully saturated rings. The standard InChI is InChI=1S/C20H17FN4O4/c1-26-16-8-12(9-17(27-2)18(16)28-3)11-23-25-20-15(10-22)24-19(29-20)13-4-6-14(21)7-5-13/h4-9,11,25H,1-3H3/b23-11+. The van der Waals surface area contributed by atoms with E-state index in [1.807, 2.05) is 6.07 Å². The fourth-order valence-electron chi connectivity index (χ4n) is 2.53. The number of hydrogen-bond donors (Lipinski definition) is 1. The maximum atomic E-state index is 13.1. The summed E-state index contributed by atoms with van der Waals surface area (Å²) in [6.07, 6.45) is 1.49. The number of nitrogens with zero attached hydrogens (tertiary/aromatic N) is 3. The molecule has 0 atom stereocenters. The van der Waals surface area contributed by atoms with Crippen molar-refractivity contribution in [3.63, 3.8) is 0 Å². The number of hydrazone groups is 1. The number of oxazole rings is 1. The van der Waals surface area contributed by atoms with Crippen LogP contribution < -0.4 is 19.6 Å². The SMILES string of the molecule is COc1cc(/C=N/Nc2oc(-c3ccc(F)cc3)nc2C#N)cc(OC)c1OC. The number of methoxy groups -OCH3 is 3. The van der Waals surface area contributed by atoms with Gasteiger partial charge in [0.05, 0.1) is 27.5 Å². The number of aromatic nitrogens is 1. The molecule has 3 aromatic rings. The minimum Gasteiger partial charge on any atom is -0.493 e. The number of rotatable bonds is 7. The Kier molecular flexibility index (Phi) is 5.94. The van der Waals surface area contributed by atoms with Crippen molar-refractivity contribution >= 4 is 12.1 Å². The smallest absolute Gasteiger partial charge is 0.252 e. The van der Waals surface area contributed by atoms with Crippen LogP contribution in [0.1, 0.15) is 11.3 Å². The lowest BCUT2D eigenvalue weighted by atomic mass is 10.2. The van der Waals surface area contributed by atoms with Crippen LogP contribution in [0.3, 0.4) is 0 Å². The Bertz CT molecular complexity index is 1050. The molecule has 1 heterocycles. The van der Waals surface area contributed by atoms with E-state index in [0.29, 0.717) is 28.4 Å². The Morgan fingerprint density at radius 1 is 1.10 bits per heavy atom. The van der Waals surface area contributed by atoms with Crippen LogP contribution in [-0.2, 0) is 0 Å². The number of halogens is 1. The summed E-state index contributed by atoms with van der Waals surface area (Å²) in [4.78, 5) is 4.09. The fourth-order valence-corrected chi connectivity index (χ4v) is 2.53. The summed E-state index contributed by atoms with van der Waals surface area (Å²) in [5, 5.41) is 13.3. The van der Waals surface area contributed by atoms with E-state index in [2.05, 4.69) is 15.5 Å². The minimum absolute atomic E-state index is 0.0198. The van der Waals surface area contributed by atoms with Gasteiger partial charge in [0.2, 0.25) is 17.3 Å². The van der Waals surface area contributed by atoms with E-state index in [-0.39, 0.29) is 23.3 Å². The van der Waals surface area contributed by atoms with E-state index in [0.717, 1.165) is 0 Å². The minimum atomic E-state index is -0.380. The zero-order chi connectivity index (χ0) is 20.8. The Morgan fingerprint density at radius 2 is 1.76 bits per heavy atom. The number of anilines is 1. The molecule has 0 aliphatic carbocycles. The summed E-state index contributed by atoms with van der Waals surface area (Å²) in [6.45, 7) is 0. The van der Waals surface area contributed by atoms with Crippen LogP contribution in [0.4, 0.5) is 10.3 Å². The highest BCUT2D eigenvalue weighted by atomic mass is 19.1. The predicted molar refractivity (Wildman–Crippen MR) is 104 cm³/mol. The molecule has 0 spiro atoms. The number of nitrogens with one attached hydrogen (secondary N) is 1. The first kappa shape index (κ1) is 19.7. The summed E-state index contributed by atoms with van der Waals surface area (Å²) in [5.41, 5.74) is 3.86. The lowest BCUT2D eigenvalue weighted by Gasteiger charge is -2.12. The Balaban J connectivity index is 1.83. The first-order chi connectivity index (χ1) is 14.1. The van der Waals surface area contributed by atoms with E-state index in [1.165, 1.54) is 51.8 Å². The zero-order valence-electron chi connectivity index (χ0n) is 15.9. The molecule has 29 heavy (non-hydrogen) atoms. The third-order valence-corrected chi connectivity index (χ3v) is 3.89. The third-order valence-electron chi connectivity index (χ3n) is 3.89. The van der Waals surface area contributed by atoms with Crippen molar-refractivity contribution < 1.29 is 23.0 Å². The molecule has 0 aliphatic rings. The van der Waals surface area contributed by atoms with Gasteiger partial charge in [-0.15, -0.1) is 0 Å². The van der Waals surface area contributed by atoms with E-state index in [4.69, 9.17) is 18.6 Å². The first-order valence-corrected chi connectivity index (χ1v) is 8.35. The lowest BCUT2D eigenvalue weighted by Crippen LogP contribution is -1.97. The van der Waals surface area contributed by atoms with Gasteiger partial charge in [-0.3, -0.25) is 0 Å². The second-order valence-electron chi connectivity index (χ2n) is 5.64. The highest BCUT2D eigenvalue weighted by Gasteiger charge is 2.15. The molecular formula is C20H17FN4O4. The van der Waals surface area contributed by atoms with Crippen LogP contribution in [0.25, 0.3) is 11.5 Å². The maximum Gasteiger partial charge on any atom is 0.252 e. The molecule has 0 radical (unpaired) electrons. The molecule has 0 saturated heterocycles. The highest BCUT2D eigenvalue weighted by Crippen LogP contribution is 2.37. The molecule has 0 amide bonds. The number of benzene rings is 2. The van der Waals surface area contributed by atoms with Crippen LogP contribution in [0.5, 0.6) is 17.2 Å². The second-order valence-corrected chi connectivity index (χ2v) is 5.64. The average molecular weight is 396 g/mol. The van der Waals surface area contributed by atoms with Crippen LogP contribution in [-0.4, -0.2) is 32.5 Å². The van der Waals surface area contributed by atoms with Crippen LogP contribution in [0.15, 0.2) is 45.9 Å². The number of ether oxygens (including phenoxy) is 3. The van der Waals surface area contributed by atoms with E-state index < -0.39 is 0 Å². The highest BCUT2D eigenvalue weighted by molar-refractivity contribution is 5.83. The molecule has 0 saturated carbocycles. The molecule has 9 heteroatoms. The van der Waals surface area contributed by atoms with E-state index in [1.54, 1.807) is 12.1 Å². The molecule has 148 valence electrons. The van der Waals surface area contributed by atoms with Gasteiger partial charge < -0.3 is 18.6 Å². The zero-order valence-corrected chi connectivity index (χ0v) is 15.9. The van der Waals surface area contributed by atoms with Crippen molar-refractivity contribution in [3.05, 3.63) is 53.5 Å². The topological polar surface area (TPSA) is 102 Å². The van der Waals surface area contributed by atoms with Gasteiger partial charge in [-0.05, 0) is 36.4 Å². The number of hydrogen-bond acceptors (Lipinski definition) is 8. The molecule has 8 nitrogen and oxygen atoms in total. The molecule has 0 unspecified atom stereocenters. The summed E-state index contributed by atoms with van der Waals surface area (Å²) in [6, 6.07) is 10.9.